The molecule has 2 aliphatic rings. The van der Waals surface area contributed by atoms with Gasteiger partial charge in [0.25, 0.3) is 5.91 Å². The van der Waals surface area contributed by atoms with Crippen molar-refractivity contribution >= 4 is 16.9 Å². The molecule has 0 fully saturated rings. The van der Waals surface area contributed by atoms with Crippen LogP contribution in [0.15, 0.2) is 69.9 Å². The largest absolute Gasteiger partial charge is 0.497 e. The molecule has 1 aromatic heterocycles. The number of fused-ring (bicyclic) bond motifs is 3. The molecule has 1 amide bonds. The van der Waals surface area contributed by atoms with Gasteiger partial charge in [0.2, 0.25) is 12.6 Å². The smallest absolute Gasteiger partial charge is 0.291 e. The van der Waals surface area contributed by atoms with Crippen molar-refractivity contribution in [2.24, 2.45) is 0 Å². The third-order valence-corrected chi connectivity index (χ3v) is 6.13. The van der Waals surface area contributed by atoms with E-state index in [0.29, 0.717) is 22.8 Å². The zero-order valence-corrected chi connectivity index (χ0v) is 18.0. The number of benzene rings is 3. The van der Waals surface area contributed by atoms with Crippen molar-refractivity contribution in [3.8, 4) is 17.2 Å². The second-order valence-electron chi connectivity index (χ2n) is 8.11. The Hall–Kier alpha value is -4.33. The lowest BCUT2D eigenvalue weighted by Crippen LogP contribution is -2.29. The zero-order valence-electron chi connectivity index (χ0n) is 18.0. The fourth-order valence-corrected chi connectivity index (χ4v) is 4.55. The number of hydrogen-bond donors (Lipinski definition) is 0. The summed E-state index contributed by atoms with van der Waals surface area (Å²) in [5.74, 6) is 0.780. The lowest BCUT2D eigenvalue weighted by molar-refractivity contribution is 0.0714. The Kier molecular flexibility index (Phi) is 4.55. The summed E-state index contributed by atoms with van der Waals surface area (Å²) in [7, 11) is 1.54. The van der Waals surface area contributed by atoms with E-state index in [9.17, 15) is 14.0 Å². The van der Waals surface area contributed by atoms with E-state index < -0.39 is 23.2 Å². The normalized spacial score (nSPS) is 16.2. The minimum Gasteiger partial charge on any atom is -0.497 e. The standard InChI is InChI=1S/C26H18FNO6/c1-31-17-4-2-3-15(10-17)23-22-24(29)18-11-16(27)6-8-19(18)34-25(22)26(30)28(23)12-14-5-7-20-21(9-14)33-13-32-20/h2-11,23H,12-13H2,1H3/t23-/m0/s1. The summed E-state index contributed by atoms with van der Waals surface area (Å²) in [6.07, 6.45) is 0. The molecule has 0 saturated heterocycles. The number of halogens is 1. The number of amides is 1. The number of hydrogen-bond acceptors (Lipinski definition) is 6. The first-order valence-corrected chi connectivity index (χ1v) is 10.6. The predicted octanol–water partition coefficient (Wildman–Crippen LogP) is 4.41. The van der Waals surface area contributed by atoms with Crippen LogP contribution in [0.4, 0.5) is 4.39 Å². The molecule has 0 aliphatic carbocycles. The van der Waals surface area contributed by atoms with Crippen molar-refractivity contribution in [3.05, 3.63) is 99.2 Å². The Morgan fingerprint density at radius 3 is 2.74 bits per heavy atom. The quantitative estimate of drug-likeness (QED) is 0.450. The molecule has 0 spiro atoms. The third kappa shape index (κ3) is 3.10. The highest BCUT2D eigenvalue weighted by atomic mass is 19.1. The van der Waals surface area contributed by atoms with Gasteiger partial charge in [0, 0.05) is 6.54 Å². The van der Waals surface area contributed by atoms with Gasteiger partial charge in [-0.1, -0.05) is 18.2 Å². The Labute approximate surface area is 192 Å². The van der Waals surface area contributed by atoms with E-state index in [1.165, 1.54) is 12.1 Å². The van der Waals surface area contributed by atoms with Crippen LogP contribution in [0.25, 0.3) is 11.0 Å². The van der Waals surface area contributed by atoms with Gasteiger partial charge in [-0.2, -0.15) is 0 Å². The van der Waals surface area contributed by atoms with Crippen LogP contribution in [0.5, 0.6) is 17.2 Å². The average molecular weight is 459 g/mol. The van der Waals surface area contributed by atoms with Crippen LogP contribution in [0, 0.1) is 5.82 Å². The Balaban J connectivity index is 1.53. The van der Waals surface area contributed by atoms with Crippen molar-refractivity contribution in [1.82, 2.24) is 4.90 Å². The summed E-state index contributed by atoms with van der Waals surface area (Å²) in [6, 6.07) is 15.5. The van der Waals surface area contributed by atoms with Gasteiger partial charge in [-0.05, 0) is 53.6 Å². The molecule has 0 unspecified atom stereocenters. The molecule has 0 bridgehead atoms. The van der Waals surface area contributed by atoms with Crippen molar-refractivity contribution in [2.75, 3.05) is 13.9 Å². The van der Waals surface area contributed by atoms with E-state index in [-0.39, 0.29) is 35.6 Å². The first-order valence-electron chi connectivity index (χ1n) is 10.6. The molecule has 6 rings (SSSR count). The van der Waals surface area contributed by atoms with Crippen LogP contribution in [-0.2, 0) is 6.54 Å². The van der Waals surface area contributed by atoms with Gasteiger partial charge in [-0.3, -0.25) is 9.59 Å². The first-order chi connectivity index (χ1) is 16.5. The molecule has 8 heteroatoms. The number of methoxy groups -OCH3 is 1. The Bertz CT molecular complexity index is 1530. The SMILES string of the molecule is COc1cccc([C@H]2c3c(oc4ccc(F)cc4c3=O)C(=O)N2Cc2ccc3c(c2)OCO3)c1. The van der Waals surface area contributed by atoms with E-state index in [1.54, 1.807) is 36.3 Å². The molecule has 7 nitrogen and oxygen atoms in total. The van der Waals surface area contributed by atoms with Crippen LogP contribution in [0.2, 0.25) is 0 Å². The van der Waals surface area contributed by atoms with E-state index >= 15 is 0 Å². The van der Waals surface area contributed by atoms with Gasteiger partial charge >= 0.3 is 0 Å². The second kappa shape index (κ2) is 7.62. The second-order valence-corrected chi connectivity index (χ2v) is 8.11. The van der Waals surface area contributed by atoms with E-state index in [2.05, 4.69) is 0 Å². The fraction of sp³-hybridized carbons (Fsp3) is 0.154. The van der Waals surface area contributed by atoms with Crippen molar-refractivity contribution in [1.29, 1.82) is 0 Å². The number of carbonyl (C=O) groups excluding carboxylic acids is 1. The average Bonchev–Trinajstić information content (AvgIpc) is 3.42. The summed E-state index contributed by atoms with van der Waals surface area (Å²) in [5.41, 5.74) is 1.37. The van der Waals surface area contributed by atoms with Gasteiger partial charge in [-0.25, -0.2) is 4.39 Å². The lowest BCUT2D eigenvalue weighted by atomic mass is 9.98. The van der Waals surface area contributed by atoms with Gasteiger partial charge in [0.05, 0.1) is 24.1 Å². The van der Waals surface area contributed by atoms with Crippen molar-refractivity contribution < 1.29 is 27.8 Å². The molecule has 1 atom stereocenters. The van der Waals surface area contributed by atoms with Crippen molar-refractivity contribution in [2.45, 2.75) is 12.6 Å². The molecular weight excluding hydrogens is 441 g/mol. The van der Waals surface area contributed by atoms with E-state index in [1.807, 2.05) is 18.2 Å². The molecule has 2 aliphatic heterocycles. The molecule has 0 radical (unpaired) electrons. The number of nitrogens with zero attached hydrogens (tertiary/aromatic N) is 1. The number of ether oxygens (including phenoxy) is 3. The van der Waals surface area contributed by atoms with Crippen LogP contribution in [0.1, 0.15) is 33.3 Å². The molecule has 0 N–H and O–H groups in total. The Morgan fingerprint density at radius 2 is 1.88 bits per heavy atom. The number of rotatable bonds is 4. The lowest BCUT2D eigenvalue weighted by Gasteiger charge is -2.25. The van der Waals surface area contributed by atoms with Crippen LogP contribution in [0.3, 0.4) is 0 Å². The highest BCUT2D eigenvalue weighted by Gasteiger charge is 2.43. The minimum atomic E-state index is -0.744. The summed E-state index contributed by atoms with van der Waals surface area (Å²) >= 11 is 0. The maximum atomic E-state index is 13.9. The van der Waals surface area contributed by atoms with E-state index in [4.69, 9.17) is 18.6 Å². The minimum absolute atomic E-state index is 0.0438. The molecule has 34 heavy (non-hydrogen) atoms. The number of carbonyl (C=O) groups is 1. The molecule has 170 valence electrons. The van der Waals surface area contributed by atoms with Crippen LogP contribution < -0.4 is 19.6 Å². The van der Waals surface area contributed by atoms with Gasteiger partial charge in [0.1, 0.15) is 17.1 Å². The Morgan fingerprint density at radius 1 is 1.03 bits per heavy atom. The van der Waals surface area contributed by atoms with Gasteiger partial charge < -0.3 is 23.5 Å². The summed E-state index contributed by atoms with van der Waals surface area (Å²) in [5, 5.41) is 0.0874. The highest BCUT2D eigenvalue weighted by molar-refractivity contribution is 5.99. The van der Waals surface area contributed by atoms with Gasteiger partial charge in [0.15, 0.2) is 16.9 Å². The summed E-state index contributed by atoms with van der Waals surface area (Å²) < 4.78 is 36.0. The topological polar surface area (TPSA) is 78.2 Å². The predicted molar refractivity (Wildman–Crippen MR) is 120 cm³/mol. The maximum Gasteiger partial charge on any atom is 0.291 e. The van der Waals surface area contributed by atoms with E-state index in [0.717, 1.165) is 11.6 Å². The molecule has 4 aromatic rings. The highest BCUT2D eigenvalue weighted by Crippen LogP contribution is 2.41. The molecule has 3 heterocycles. The maximum absolute atomic E-state index is 13.9. The van der Waals surface area contributed by atoms with Gasteiger partial charge in [-0.15, -0.1) is 0 Å². The third-order valence-electron chi connectivity index (χ3n) is 6.13. The summed E-state index contributed by atoms with van der Waals surface area (Å²) in [6.45, 7) is 0.326. The molecule has 3 aromatic carbocycles. The molecule has 0 saturated carbocycles. The van der Waals surface area contributed by atoms with Crippen LogP contribution in [-0.4, -0.2) is 24.7 Å². The zero-order chi connectivity index (χ0) is 23.4. The summed E-state index contributed by atoms with van der Waals surface area (Å²) in [4.78, 5) is 28.7. The first kappa shape index (κ1) is 20.3. The van der Waals surface area contributed by atoms with Crippen molar-refractivity contribution in [3.63, 3.8) is 0 Å². The monoisotopic (exact) mass is 459 g/mol. The molecular formula is C26H18FNO6. The fourth-order valence-electron chi connectivity index (χ4n) is 4.55. The van der Waals surface area contributed by atoms with Crippen LogP contribution >= 0.6 is 0 Å².